The number of rotatable bonds is 13. The Balaban J connectivity index is 1.61. The summed E-state index contributed by atoms with van der Waals surface area (Å²) in [5.74, 6) is -1.70. The molecule has 3 aliphatic heterocycles. The number of amides is 1. The average Bonchev–Trinajstić information content (AvgIpc) is 3.13. The van der Waals surface area contributed by atoms with Gasteiger partial charge in [0.1, 0.15) is 18.5 Å². The molecule has 0 N–H and O–H groups in total. The number of nitrogens with zero attached hydrogens (tertiary/aromatic N) is 3. The molecule has 3 aromatic rings. The zero-order valence-corrected chi connectivity index (χ0v) is 36.1. The second-order valence-corrected chi connectivity index (χ2v) is 19.8. The Morgan fingerprint density at radius 3 is 2.29 bits per heavy atom. The molecule has 6 rings (SSSR count). The molecule has 3 aromatic carbocycles. The molecule has 0 aliphatic carbocycles. The van der Waals surface area contributed by atoms with Crippen molar-refractivity contribution in [3.63, 3.8) is 0 Å². The van der Waals surface area contributed by atoms with E-state index in [0.717, 1.165) is 38.2 Å². The number of carbonyl (C=O) groups excluding carboxylic acids is 2. The van der Waals surface area contributed by atoms with Crippen LogP contribution in [0.3, 0.4) is 0 Å². The van der Waals surface area contributed by atoms with Crippen LogP contribution in [0.5, 0.6) is 11.5 Å². The standard InChI is InChI=1S/C43H52N3O10PS/c1-26-24-42(3,4)45(8)35-22-37-33(20-30(26)35)40(34-21-31-27(2)25-43(5,6)46(9)36(31)23-38(34)56-37)29-15-14-28(57(50,51)55-17-12-10-11-13-39(47)48)19-32(29)41(49)44(7)16-18-58(52,53)54/h14-15,19-25H,10-13,16-18H2,1-9H3,(H2-,47,48,50,51,52,53,54)/p-2. The summed E-state index contributed by atoms with van der Waals surface area (Å²) >= 11 is 0. The Hall–Kier alpha value is -4.59. The highest BCUT2D eigenvalue weighted by atomic mass is 32.2. The average molecular weight is 832 g/mol. The number of benzene rings is 3. The maximum atomic E-state index is 14.5. The number of carboxylic acid groups (broad SMARTS) is 1. The van der Waals surface area contributed by atoms with Crippen LogP contribution in [0.2, 0.25) is 0 Å². The van der Waals surface area contributed by atoms with Gasteiger partial charge in [-0.1, -0.05) is 18.6 Å². The Labute approximate surface area is 339 Å². The lowest BCUT2D eigenvalue weighted by molar-refractivity contribution is -0.305. The topological polar surface area (TPSA) is 182 Å². The first-order chi connectivity index (χ1) is 26.9. The quantitative estimate of drug-likeness (QED) is 0.0836. The second-order valence-electron chi connectivity index (χ2n) is 16.5. The smallest absolute Gasteiger partial charge is 0.254 e. The van der Waals surface area contributed by atoms with E-state index in [1.165, 1.54) is 19.2 Å². The number of unbranched alkanes of at least 4 members (excludes halogenated alkanes) is 2. The highest BCUT2D eigenvalue weighted by molar-refractivity contribution is 7.85. The molecule has 1 unspecified atom stereocenters. The predicted octanol–water partition coefficient (Wildman–Crippen LogP) is 3.11. The zero-order chi connectivity index (χ0) is 42.7. The lowest BCUT2D eigenvalue weighted by atomic mass is 9.83. The van der Waals surface area contributed by atoms with Crippen LogP contribution in [0.15, 0.2) is 54.6 Å². The van der Waals surface area contributed by atoms with Gasteiger partial charge in [0.2, 0.25) is 5.36 Å². The highest BCUT2D eigenvalue weighted by Crippen LogP contribution is 2.47. The minimum atomic E-state index is -4.79. The van der Waals surface area contributed by atoms with Gasteiger partial charge in [0.05, 0.1) is 34.1 Å². The molecule has 0 saturated heterocycles. The normalized spacial score (nSPS) is 17.5. The SMILES string of the molecule is CC1=CC(C)(C)N(C)c2cc3c(cc21)C(c1ccc(P(=O)([O-])OCCCCCC(=O)[O-])cc1C(=O)N(C)CCS(=O)(=O)[O-])=c1cc2c(cc1O3)=[N+](C)C(C)(C)C=C2C. The van der Waals surface area contributed by atoms with Crippen molar-refractivity contribution in [3.05, 3.63) is 93.0 Å². The van der Waals surface area contributed by atoms with Gasteiger partial charge in [-0.05, 0) is 94.0 Å². The van der Waals surface area contributed by atoms with Gasteiger partial charge in [0, 0.05) is 90.6 Å². The van der Waals surface area contributed by atoms with Gasteiger partial charge in [-0.25, -0.2) is 13.0 Å². The molecule has 15 heteroatoms. The molecule has 0 radical (unpaired) electrons. The van der Waals surface area contributed by atoms with E-state index < -0.39 is 41.9 Å². The number of carbonyl (C=O) groups is 2. The van der Waals surface area contributed by atoms with Crippen LogP contribution in [0, 0.1) is 0 Å². The van der Waals surface area contributed by atoms with Gasteiger partial charge < -0.3 is 43.0 Å². The van der Waals surface area contributed by atoms with E-state index >= 15 is 0 Å². The van der Waals surface area contributed by atoms with Crippen LogP contribution >= 0.6 is 7.60 Å². The molecule has 0 spiro atoms. The van der Waals surface area contributed by atoms with Crippen LogP contribution in [0.1, 0.15) is 99.8 Å². The summed E-state index contributed by atoms with van der Waals surface area (Å²) in [4.78, 5) is 42.1. The summed E-state index contributed by atoms with van der Waals surface area (Å²) in [6.45, 7) is 11.9. The Kier molecular flexibility index (Phi) is 11.5. The van der Waals surface area contributed by atoms with Gasteiger partial charge >= 0.3 is 0 Å². The predicted molar refractivity (Wildman–Crippen MR) is 219 cm³/mol. The molecular formula is C43H50N3O10PS-2. The zero-order valence-electron chi connectivity index (χ0n) is 34.4. The van der Waals surface area contributed by atoms with E-state index in [1.807, 2.05) is 52.2 Å². The van der Waals surface area contributed by atoms with Crippen LogP contribution in [0.4, 0.5) is 5.69 Å². The molecule has 0 bridgehead atoms. The number of likely N-dealkylation sites (N-methyl/N-ethyl adjacent to an activating group) is 2. The number of ether oxygens (including phenoxy) is 1. The molecule has 3 heterocycles. The molecule has 1 amide bonds. The molecule has 0 fully saturated rings. The number of hydrogen-bond acceptors (Lipinski definition) is 11. The monoisotopic (exact) mass is 831 g/mol. The van der Waals surface area contributed by atoms with E-state index in [9.17, 15) is 37.1 Å². The van der Waals surface area contributed by atoms with E-state index in [1.54, 1.807) is 6.07 Å². The fourth-order valence-corrected chi connectivity index (χ4v) is 9.49. The molecule has 0 saturated carbocycles. The minimum absolute atomic E-state index is 0.0581. The van der Waals surface area contributed by atoms with Gasteiger partial charge in [-0.3, -0.25) is 4.79 Å². The van der Waals surface area contributed by atoms with E-state index in [2.05, 4.69) is 49.3 Å². The second kappa shape index (κ2) is 15.5. The van der Waals surface area contributed by atoms with Crippen molar-refractivity contribution in [2.75, 3.05) is 44.9 Å². The third kappa shape index (κ3) is 8.44. The van der Waals surface area contributed by atoms with Gasteiger partial charge in [-0.2, -0.15) is 0 Å². The van der Waals surface area contributed by atoms with Gasteiger partial charge in [-0.15, -0.1) is 0 Å². The summed E-state index contributed by atoms with van der Waals surface area (Å²) in [7, 11) is -4.09. The van der Waals surface area contributed by atoms with Crippen molar-refractivity contribution in [3.8, 4) is 11.5 Å². The number of allylic oxidation sites excluding steroid dienone is 2. The van der Waals surface area contributed by atoms with Crippen LogP contribution < -0.4 is 40.1 Å². The molecule has 1 atom stereocenters. The molecule has 13 nitrogen and oxygen atoms in total. The fourth-order valence-electron chi connectivity index (χ4n) is 7.93. The minimum Gasteiger partial charge on any atom is -0.775 e. The molecule has 0 aromatic heterocycles. The number of hydrogen-bond donors (Lipinski definition) is 0. The first-order valence-electron chi connectivity index (χ1n) is 19.2. The Morgan fingerprint density at radius 1 is 0.931 bits per heavy atom. The molecular weight excluding hydrogens is 782 g/mol. The van der Waals surface area contributed by atoms with E-state index in [-0.39, 0.29) is 41.4 Å². The van der Waals surface area contributed by atoms with Gasteiger partial charge in [0.15, 0.2) is 13.1 Å². The summed E-state index contributed by atoms with van der Waals surface area (Å²) in [6, 6.07) is 12.2. The lowest BCUT2D eigenvalue weighted by Gasteiger charge is -2.41. The van der Waals surface area contributed by atoms with E-state index in [0.29, 0.717) is 46.3 Å². The fraction of sp³-hybridized carbons (Fsp3) is 0.419. The molecule has 3 aliphatic rings. The van der Waals surface area contributed by atoms with Crippen molar-refractivity contribution in [1.82, 2.24) is 9.48 Å². The Bertz CT molecular complexity index is 2590. The summed E-state index contributed by atoms with van der Waals surface area (Å²) in [6.07, 6.45) is 5.19. The van der Waals surface area contributed by atoms with Crippen LogP contribution in [-0.2, 0) is 24.0 Å². The highest BCUT2D eigenvalue weighted by Gasteiger charge is 2.35. The molecule has 58 heavy (non-hydrogen) atoms. The van der Waals surface area contributed by atoms with Crippen LogP contribution in [0.25, 0.3) is 16.7 Å². The maximum absolute atomic E-state index is 14.5. The Morgan fingerprint density at radius 2 is 1.62 bits per heavy atom. The maximum Gasteiger partial charge on any atom is 0.254 e. The third-order valence-electron chi connectivity index (χ3n) is 11.5. The largest absolute Gasteiger partial charge is 0.775 e. The van der Waals surface area contributed by atoms with Crippen LogP contribution in [-0.4, -0.2) is 80.9 Å². The van der Waals surface area contributed by atoms with Gasteiger partial charge in [0.25, 0.3) is 5.91 Å². The number of aliphatic carboxylic acids is 1. The molecule has 310 valence electrons. The first kappa shape index (κ1) is 43.0. The van der Waals surface area contributed by atoms with Crippen molar-refractivity contribution < 1.29 is 46.4 Å². The lowest BCUT2D eigenvalue weighted by Crippen LogP contribution is -2.47. The number of anilines is 1. The summed E-state index contributed by atoms with van der Waals surface area (Å²) in [5.41, 5.74) is 5.85. The summed E-state index contributed by atoms with van der Waals surface area (Å²) in [5, 5.41) is 12.1. The van der Waals surface area contributed by atoms with Crippen molar-refractivity contribution in [2.24, 2.45) is 0 Å². The summed E-state index contributed by atoms with van der Waals surface area (Å²) < 4.78 is 62.8. The van der Waals surface area contributed by atoms with E-state index in [4.69, 9.17) is 9.26 Å². The van der Waals surface area contributed by atoms with Crippen molar-refractivity contribution in [2.45, 2.75) is 78.3 Å². The third-order valence-corrected chi connectivity index (χ3v) is 13.6. The van der Waals surface area contributed by atoms with Crippen molar-refractivity contribution >= 4 is 57.3 Å². The number of carboxylic acids is 1. The number of fused-ring (bicyclic) bond motifs is 4. The van der Waals surface area contributed by atoms with Crippen molar-refractivity contribution in [1.29, 1.82) is 0 Å². The first-order valence-corrected chi connectivity index (χ1v) is 22.3.